The molecule has 1 aromatic carbocycles. The average molecular weight is 329 g/mol. The van der Waals surface area contributed by atoms with Gasteiger partial charge in [0.25, 0.3) is 0 Å². The van der Waals surface area contributed by atoms with Crippen molar-refractivity contribution in [1.29, 1.82) is 0 Å². The second kappa shape index (κ2) is 7.92. The van der Waals surface area contributed by atoms with E-state index in [9.17, 15) is 9.90 Å². The fraction of sp³-hybridized carbons (Fsp3) is 0.471. The summed E-state index contributed by atoms with van der Waals surface area (Å²) in [7, 11) is 0. The number of benzene rings is 1. The van der Waals surface area contributed by atoms with Gasteiger partial charge in [-0.1, -0.05) is 18.2 Å². The monoisotopic (exact) mass is 329 g/mol. The minimum Gasteiger partial charge on any atom is -0.396 e. The fourth-order valence-electron chi connectivity index (χ4n) is 3.16. The molecule has 2 N–H and O–H groups in total. The number of amides is 2. The van der Waals surface area contributed by atoms with Crippen LogP contribution in [0.3, 0.4) is 0 Å². The Hall–Kier alpha value is -2.41. The SMILES string of the molecule is O=C(NCc1nncn1-c1ccccc1)N1CCCCC1CCO. The molecule has 0 spiro atoms. The highest BCUT2D eigenvalue weighted by Crippen LogP contribution is 2.19. The first-order valence-electron chi connectivity index (χ1n) is 8.39. The fourth-order valence-corrected chi connectivity index (χ4v) is 3.16. The zero-order valence-electron chi connectivity index (χ0n) is 13.6. The first kappa shape index (κ1) is 16.4. The molecule has 1 atom stereocenters. The number of carbonyl (C=O) groups is 1. The standard InChI is InChI=1S/C17H23N5O2/c23-11-9-15-8-4-5-10-21(15)17(24)18-12-16-20-19-13-22(16)14-6-2-1-3-7-14/h1-3,6-7,13,15,23H,4-5,8-12H2,(H,18,24). The molecule has 1 aliphatic heterocycles. The number of rotatable bonds is 5. The van der Waals surface area contributed by atoms with Crippen molar-refractivity contribution in [3.63, 3.8) is 0 Å². The average Bonchev–Trinajstić information content (AvgIpc) is 3.10. The Kier molecular flexibility index (Phi) is 5.43. The van der Waals surface area contributed by atoms with Crippen LogP contribution in [0, 0.1) is 0 Å². The smallest absolute Gasteiger partial charge is 0.318 e. The number of likely N-dealkylation sites (tertiary alicyclic amines) is 1. The van der Waals surface area contributed by atoms with Gasteiger partial charge >= 0.3 is 6.03 Å². The second-order valence-corrected chi connectivity index (χ2v) is 5.97. The van der Waals surface area contributed by atoms with E-state index < -0.39 is 0 Å². The topological polar surface area (TPSA) is 83.3 Å². The number of para-hydroxylation sites is 1. The summed E-state index contributed by atoms with van der Waals surface area (Å²) < 4.78 is 1.86. The molecule has 1 unspecified atom stereocenters. The molecule has 0 bridgehead atoms. The van der Waals surface area contributed by atoms with Crippen LogP contribution in [0.2, 0.25) is 0 Å². The molecule has 128 valence electrons. The van der Waals surface area contributed by atoms with Gasteiger partial charge in [0.2, 0.25) is 0 Å². The molecule has 2 amide bonds. The molecule has 24 heavy (non-hydrogen) atoms. The van der Waals surface area contributed by atoms with E-state index in [-0.39, 0.29) is 18.7 Å². The van der Waals surface area contributed by atoms with E-state index in [1.807, 2.05) is 39.8 Å². The Morgan fingerprint density at radius 3 is 2.92 bits per heavy atom. The summed E-state index contributed by atoms with van der Waals surface area (Å²) in [6.07, 6.45) is 5.35. The minimum absolute atomic E-state index is 0.101. The largest absolute Gasteiger partial charge is 0.396 e. The first-order valence-corrected chi connectivity index (χ1v) is 8.39. The highest BCUT2D eigenvalue weighted by atomic mass is 16.3. The van der Waals surface area contributed by atoms with E-state index in [4.69, 9.17) is 0 Å². The summed E-state index contributed by atoms with van der Waals surface area (Å²) in [5, 5.41) is 20.2. The zero-order valence-corrected chi connectivity index (χ0v) is 13.6. The van der Waals surface area contributed by atoms with Crippen molar-refractivity contribution in [2.24, 2.45) is 0 Å². The Morgan fingerprint density at radius 2 is 2.12 bits per heavy atom. The lowest BCUT2D eigenvalue weighted by atomic mass is 10.0. The van der Waals surface area contributed by atoms with Gasteiger partial charge in [0.15, 0.2) is 5.82 Å². The molecule has 1 saturated heterocycles. The van der Waals surface area contributed by atoms with Gasteiger partial charge in [-0.15, -0.1) is 10.2 Å². The van der Waals surface area contributed by atoms with Crippen molar-refractivity contribution in [3.05, 3.63) is 42.5 Å². The number of nitrogens with zero attached hydrogens (tertiary/aromatic N) is 4. The van der Waals surface area contributed by atoms with Gasteiger partial charge in [-0.2, -0.15) is 0 Å². The van der Waals surface area contributed by atoms with Crippen LogP contribution in [0.5, 0.6) is 0 Å². The normalized spacial score (nSPS) is 17.7. The van der Waals surface area contributed by atoms with Crippen molar-refractivity contribution in [2.45, 2.75) is 38.3 Å². The van der Waals surface area contributed by atoms with Crippen LogP contribution in [-0.4, -0.2) is 50.0 Å². The second-order valence-electron chi connectivity index (χ2n) is 5.97. The Bertz CT molecular complexity index is 656. The third-order valence-electron chi connectivity index (χ3n) is 4.40. The number of carbonyl (C=O) groups excluding carboxylic acids is 1. The molecule has 0 aliphatic carbocycles. The molecule has 0 saturated carbocycles. The van der Waals surface area contributed by atoms with Crippen LogP contribution in [-0.2, 0) is 6.54 Å². The lowest BCUT2D eigenvalue weighted by Gasteiger charge is -2.35. The Labute approximate surface area is 141 Å². The minimum atomic E-state index is -0.101. The highest BCUT2D eigenvalue weighted by molar-refractivity contribution is 5.74. The number of piperidine rings is 1. The van der Waals surface area contributed by atoms with E-state index in [1.165, 1.54) is 0 Å². The Morgan fingerprint density at radius 1 is 1.29 bits per heavy atom. The van der Waals surface area contributed by atoms with Crippen LogP contribution in [0.15, 0.2) is 36.7 Å². The van der Waals surface area contributed by atoms with Crippen molar-refractivity contribution >= 4 is 6.03 Å². The molecule has 3 rings (SSSR count). The van der Waals surface area contributed by atoms with Gasteiger partial charge < -0.3 is 15.3 Å². The lowest BCUT2D eigenvalue weighted by molar-refractivity contribution is 0.131. The predicted octanol–water partition coefficient (Wildman–Crippen LogP) is 1.71. The number of nitrogens with one attached hydrogen (secondary N) is 1. The van der Waals surface area contributed by atoms with Crippen LogP contribution < -0.4 is 5.32 Å². The van der Waals surface area contributed by atoms with Crippen LogP contribution in [0.4, 0.5) is 4.79 Å². The number of aromatic nitrogens is 3. The van der Waals surface area contributed by atoms with Gasteiger partial charge in [0, 0.05) is 24.9 Å². The number of hydrogen-bond acceptors (Lipinski definition) is 4. The molecule has 1 aliphatic rings. The van der Waals surface area contributed by atoms with Gasteiger partial charge in [0.05, 0.1) is 6.54 Å². The maximum atomic E-state index is 12.5. The van der Waals surface area contributed by atoms with Crippen LogP contribution >= 0.6 is 0 Å². The maximum absolute atomic E-state index is 12.5. The summed E-state index contributed by atoms with van der Waals surface area (Å²) >= 11 is 0. The highest BCUT2D eigenvalue weighted by Gasteiger charge is 2.26. The first-order chi connectivity index (χ1) is 11.8. The molecule has 2 heterocycles. The Balaban J connectivity index is 1.64. The summed E-state index contributed by atoms with van der Waals surface area (Å²) in [5.41, 5.74) is 0.961. The number of urea groups is 1. The van der Waals surface area contributed by atoms with Crippen molar-refractivity contribution in [3.8, 4) is 5.69 Å². The molecule has 0 radical (unpaired) electrons. The quantitative estimate of drug-likeness (QED) is 0.875. The molecular weight excluding hydrogens is 306 g/mol. The van der Waals surface area contributed by atoms with Crippen molar-refractivity contribution in [1.82, 2.24) is 25.0 Å². The van der Waals surface area contributed by atoms with Gasteiger partial charge in [-0.3, -0.25) is 4.57 Å². The third-order valence-corrected chi connectivity index (χ3v) is 4.40. The van der Waals surface area contributed by atoms with Gasteiger partial charge in [0.1, 0.15) is 6.33 Å². The van der Waals surface area contributed by atoms with Crippen LogP contribution in [0.25, 0.3) is 5.69 Å². The van der Waals surface area contributed by atoms with Crippen LogP contribution in [0.1, 0.15) is 31.5 Å². The van der Waals surface area contributed by atoms with Gasteiger partial charge in [-0.05, 0) is 37.8 Å². The number of hydrogen-bond donors (Lipinski definition) is 2. The molecule has 2 aromatic rings. The summed E-state index contributed by atoms with van der Waals surface area (Å²) in [6.45, 7) is 1.16. The van der Waals surface area contributed by atoms with E-state index in [0.717, 1.165) is 31.5 Å². The summed E-state index contributed by atoms with van der Waals surface area (Å²) in [6, 6.07) is 9.81. The predicted molar refractivity (Wildman–Crippen MR) is 89.6 cm³/mol. The molecule has 1 fully saturated rings. The summed E-state index contributed by atoms with van der Waals surface area (Å²) in [4.78, 5) is 14.3. The van der Waals surface area contributed by atoms with Crippen molar-refractivity contribution in [2.75, 3.05) is 13.2 Å². The molecular formula is C17H23N5O2. The molecule has 7 heteroatoms. The zero-order chi connectivity index (χ0) is 16.8. The van der Waals surface area contributed by atoms with E-state index in [0.29, 0.717) is 18.8 Å². The van der Waals surface area contributed by atoms with E-state index >= 15 is 0 Å². The third kappa shape index (κ3) is 3.73. The summed E-state index contributed by atoms with van der Waals surface area (Å²) in [5.74, 6) is 0.685. The van der Waals surface area contributed by atoms with E-state index in [1.54, 1.807) is 6.33 Å². The molecule has 1 aromatic heterocycles. The van der Waals surface area contributed by atoms with E-state index in [2.05, 4.69) is 15.5 Å². The van der Waals surface area contributed by atoms with Gasteiger partial charge in [-0.25, -0.2) is 4.79 Å². The molecule has 7 nitrogen and oxygen atoms in total. The lowest BCUT2D eigenvalue weighted by Crippen LogP contribution is -2.48. The number of aliphatic hydroxyl groups excluding tert-OH is 1. The number of aliphatic hydroxyl groups is 1. The maximum Gasteiger partial charge on any atom is 0.318 e. The van der Waals surface area contributed by atoms with Crippen molar-refractivity contribution < 1.29 is 9.90 Å².